The molecule has 3 rings (SSSR count). The van der Waals surface area contributed by atoms with E-state index in [9.17, 15) is 0 Å². The molecule has 1 heterocycles. The number of hydrogen-bond donors (Lipinski definition) is 2. The van der Waals surface area contributed by atoms with Crippen molar-refractivity contribution >= 4 is 5.82 Å². The monoisotopic (exact) mass is 228 g/mol. The number of nitrogens with two attached hydrogens (primary N) is 2. The molecular weight excluding hydrogens is 212 g/mol. The van der Waals surface area contributed by atoms with Gasteiger partial charge in [0, 0.05) is 11.5 Å². The Kier molecular flexibility index (Phi) is 2.11. The lowest BCUT2D eigenvalue weighted by Gasteiger charge is -2.01. The molecule has 0 bridgehead atoms. The van der Waals surface area contributed by atoms with Gasteiger partial charge >= 0.3 is 0 Å². The van der Waals surface area contributed by atoms with Crippen molar-refractivity contribution in [2.24, 2.45) is 0 Å². The number of anilines is 1. The number of imidazole rings is 1. The molecule has 2 aromatic rings. The average molecular weight is 228 g/mol. The van der Waals surface area contributed by atoms with Crippen LogP contribution in [0.4, 0.5) is 5.82 Å². The molecule has 1 aliphatic rings. The zero-order chi connectivity index (χ0) is 12.0. The van der Waals surface area contributed by atoms with Crippen LogP contribution in [-0.4, -0.2) is 9.66 Å². The van der Waals surface area contributed by atoms with Gasteiger partial charge in [0.15, 0.2) is 5.82 Å². The lowest BCUT2D eigenvalue weighted by molar-refractivity contribution is 0.855. The zero-order valence-corrected chi connectivity index (χ0v) is 9.85. The predicted molar refractivity (Wildman–Crippen MR) is 68.9 cm³/mol. The summed E-state index contributed by atoms with van der Waals surface area (Å²) in [6.45, 7) is 2.06. The number of rotatable bonds is 2. The van der Waals surface area contributed by atoms with E-state index in [1.807, 2.05) is 12.1 Å². The van der Waals surface area contributed by atoms with Gasteiger partial charge in [0.25, 0.3) is 0 Å². The van der Waals surface area contributed by atoms with Crippen LogP contribution in [0.2, 0.25) is 0 Å². The van der Waals surface area contributed by atoms with Crippen molar-refractivity contribution in [2.75, 3.05) is 11.6 Å². The Morgan fingerprint density at radius 1 is 1.24 bits per heavy atom. The lowest BCUT2D eigenvalue weighted by atomic mass is 10.1. The van der Waals surface area contributed by atoms with Gasteiger partial charge in [-0.15, -0.1) is 0 Å². The summed E-state index contributed by atoms with van der Waals surface area (Å²) in [5.41, 5.74) is 9.07. The normalized spacial score (nSPS) is 15.1. The van der Waals surface area contributed by atoms with Crippen molar-refractivity contribution in [3.63, 3.8) is 0 Å². The van der Waals surface area contributed by atoms with Gasteiger partial charge in [0.1, 0.15) is 11.5 Å². The molecule has 17 heavy (non-hydrogen) atoms. The molecule has 0 spiro atoms. The molecule has 0 unspecified atom stereocenters. The molecule has 0 amide bonds. The molecular formula is C13H16N4. The van der Waals surface area contributed by atoms with Crippen LogP contribution < -0.4 is 11.6 Å². The highest BCUT2D eigenvalue weighted by molar-refractivity contribution is 5.71. The first-order chi connectivity index (χ1) is 8.16. The first-order valence-corrected chi connectivity index (χ1v) is 5.87. The van der Waals surface area contributed by atoms with Crippen LogP contribution >= 0.6 is 0 Å². The number of hydrogen-bond acceptors (Lipinski definition) is 3. The van der Waals surface area contributed by atoms with E-state index in [2.05, 4.69) is 24.0 Å². The van der Waals surface area contributed by atoms with Crippen molar-refractivity contribution < 1.29 is 0 Å². The number of aromatic nitrogens is 2. The van der Waals surface area contributed by atoms with Gasteiger partial charge in [-0.1, -0.05) is 29.8 Å². The Morgan fingerprint density at radius 2 is 1.88 bits per heavy atom. The van der Waals surface area contributed by atoms with Crippen LogP contribution in [0.3, 0.4) is 0 Å². The Morgan fingerprint density at radius 3 is 2.47 bits per heavy atom. The Bertz CT molecular complexity index is 550. The fourth-order valence-electron chi connectivity index (χ4n) is 2.02. The Labute approximate surface area is 100 Å². The minimum Gasteiger partial charge on any atom is -0.382 e. The van der Waals surface area contributed by atoms with Gasteiger partial charge in [0.05, 0.1) is 0 Å². The van der Waals surface area contributed by atoms with Crippen molar-refractivity contribution in [1.82, 2.24) is 9.66 Å². The van der Waals surface area contributed by atoms with Crippen LogP contribution in [0.15, 0.2) is 24.3 Å². The van der Waals surface area contributed by atoms with E-state index in [0.29, 0.717) is 11.7 Å². The second-order valence-electron chi connectivity index (χ2n) is 4.71. The van der Waals surface area contributed by atoms with Gasteiger partial charge in [0.2, 0.25) is 0 Å². The second kappa shape index (κ2) is 3.52. The molecule has 1 saturated carbocycles. The lowest BCUT2D eigenvalue weighted by Crippen LogP contribution is -2.14. The van der Waals surface area contributed by atoms with Gasteiger partial charge in [-0.2, -0.15) is 0 Å². The summed E-state index contributed by atoms with van der Waals surface area (Å²) in [6, 6.07) is 8.18. The van der Waals surface area contributed by atoms with Crippen molar-refractivity contribution in [1.29, 1.82) is 0 Å². The molecule has 1 aromatic heterocycles. The van der Waals surface area contributed by atoms with E-state index >= 15 is 0 Å². The summed E-state index contributed by atoms with van der Waals surface area (Å²) in [5, 5.41) is 0. The van der Waals surface area contributed by atoms with Crippen molar-refractivity contribution in [3.05, 3.63) is 35.7 Å². The Balaban J connectivity index is 2.08. The van der Waals surface area contributed by atoms with Crippen LogP contribution in [0, 0.1) is 6.92 Å². The van der Waals surface area contributed by atoms with Crippen molar-refractivity contribution in [3.8, 4) is 11.3 Å². The highest BCUT2D eigenvalue weighted by Crippen LogP contribution is 2.41. The average Bonchev–Trinajstić information content (AvgIpc) is 3.11. The maximum absolute atomic E-state index is 6.01. The molecule has 4 heteroatoms. The van der Waals surface area contributed by atoms with Crippen LogP contribution in [-0.2, 0) is 0 Å². The van der Waals surface area contributed by atoms with Gasteiger partial charge < -0.3 is 11.6 Å². The van der Waals surface area contributed by atoms with Crippen LogP contribution in [0.1, 0.15) is 30.1 Å². The summed E-state index contributed by atoms with van der Waals surface area (Å²) < 4.78 is 1.53. The van der Waals surface area contributed by atoms with E-state index in [1.54, 1.807) is 0 Å². The number of benzene rings is 1. The third kappa shape index (κ3) is 1.65. The van der Waals surface area contributed by atoms with E-state index in [1.165, 1.54) is 23.1 Å². The topological polar surface area (TPSA) is 69.9 Å². The Hall–Kier alpha value is -1.97. The minimum atomic E-state index is 0.501. The van der Waals surface area contributed by atoms with Crippen molar-refractivity contribution in [2.45, 2.75) is 25.7 Å². The molecule has 1 fully saturated rings. The third-order valence-corrected chi connectivity index (χ3v) is 3.24. The highest BCUT2D eigenvalue weighted by Gasteiger charge is 2.30. The molecule has 0 aliphatic heterocycles. The first-order valence-electron chi connectivity index (χ1n) is 5.87. The number of nitrogens with zero attached hydrogens (tertiary/aromatic N) is 2. The predicted octanol–water partition coefficient (Wildman–Crippen LogP) is 2.03. The minimum absolute atomic E-state index is 0.501. The fraction of sp³-hybridized carbons (Fsp3) is 0.308. The maximum Gasteiger partial charge on any atom is 0.150 e. The summed E-state index contributed by atoms with van der Waals surface area (Å²) in [4.78, 5) is 4.58. The second-order valence-corrected chi connectivity index (χ2v) is 4.71. The van der Waals surface area contributed by atoms with E-state index in [0.717, 1.165) is 17.1 Å². The highest BCUT2D eigenvalue weighted by atomic mass is 15.4. The molecule has 0 saturated heterocycles. The summed E-state index contributed by atoms with van der Waals surface area (Å²) in [5.74, 6) is 7.91. The summed E-state index contributed by atoms with van der Waals surface area (Å²) in [7, 11) is 0. The molecule has 1 aromatic carbocycles. The third-order valence-electron chi connectivity index (χ3n) is 3.24. The quantitative estimate of drug-likeness (QED) is 0.773. The summed E-state index contributed by atoms with van der Waals surface area (Å²) in [6.07, 6.45) is 2.34. The molecule has 88 valence electrons. The van der Waals surface area contributed by atoms with E-state index in [4.69, 9.17) is 11.6 Å². The fourth-order valence-corrected chi connectivity index (χ4v) is 2.02. The zero-order valence-electron chi connectivity index (χ0n) is 9.85. The van der Waals surface area contributed by atoms with Crippen LogP contribution in [0.5, 0.6) is 0 Å². The first kappa shape index (κ1) is 10.2. The maximum atomic E-state index is 6.01. The SMILES string of the molecule is Cc1ccc(-c2nc(C3CC3)n(N)c2N)cc1. The number of nitrogen functional groups attached to an aromatic ring is 2. The van der Waals surface area contributed by atoms with Gasteiger partial charge in [-0.25, -0.2) is 9.66 Å². The van der Waals surface area contributed by atoms with Gasteiger partial charge in [-0.05, 0) is 19.8 Å². The van der Waals surface area contributed by atoms with Gasteiger partial charge in [-0.3, -0.25) is 0 Å². The van der Waals surface area contributed by atoms with E-state index in [-0.39, 0.29) is 0 Å². The molecule has 1 aliphatic carbocycles. The molecule has 4 N–H and O–H groups in total. The largest absolute Gasteiger partial charge is 0.382 e. The van der Waals surface area contributed by atoms with E-state index < -0.39 is 0 Å². The standard InChI is InChI=1S/C13H16N4/c1-8-2-4-9(5-3-8)11-12(14)17(15)13(16-11)10-6-7-10/h2-5,10H,6-7,14-15H2,1H3. The summed E-state index contributed by atoms with van der Waals surface area (Å²) >= 11 is 0. The smallest absolute Gasteiger partial charge is 0.150 e. The van der Waals surface area contributed by atoms with Crippen LogP contribution in [0.25, 0.3) is 11.3 Å². The molecule has 4 nitrogen and oxygen atoms in total. The number of aryl methyl sites for hydroxylation is 1. The molecule has 0 atom stereocenters. The molecule has 0 radical (unpaired) electrons.